The number of rotatable bonds is 0. The predicted octanol–water partition coefficient (Wildman–Crippen LogP) is 0.953. The monoisotopic (exact) mass is 198 g/mol. The molecule has 0 radical (unpaired) electrons. The molecular formula is C10H18N2O2. The van der Waals surface area contributed by atoms with Crippen LogP contribution in [0.3, 0.4) is 0 Å². The molecule has 14 heavy (non-hydrogen) atoms. The van der Waals surface area contributed by atoms with Gasteiger partial charge in [-0.3, -0.25) is 0 Å². The molecule has 1 aliphatic heterocycles. The number of hydrogen-bond donors (Lipinski definition) is 1. The van der Waals surface area contributed by atoms with Crippen molar-refractivity contribution in [2.24, 2.45) is 11.7 Å². The summed E-state index contributed by atoms with van der Waals surface area (Å²) in [4.78, 5) is 13.5. The highest BCUT2D eigenvalue weighted by molar-refractivity contribution is 5.70. The molecular weight excluding hydrogens is 180 g/mol. The molecule has 2 N–H and O–H groups in total. The van der Waals surface area contributed by atoms with Gasteiger partial charge in [0.2, 0.25) is 0 Å². The maximum Gasteiger partial charge on any atom is 0.410 e. The van der Waals surface area contributed by atoms with Gasteiger partial charge in [-0.1, -0.05) is 0 Å². The summed E-state index contributed by atoms with van der Waals surface area (Å²) in [5.41, 5.74) is 5.45. The number of carbonyl (C=O) groups is 1. The van der Waals surface area contributed by atoms with Gasteiger partial charge >= 0.3 is 6.09 Å². The zero-order valence-corrected chi connectivity index (χ0v) is 8.99. The van der Waals surface area contributed by atoms with E-state index in [2.05, 4.69) is 0 Å². The molecule has 3 atom stereocenters. The molecule has 0 bridgehead atoms. The van der Waals surface area contributed by atoms with Crippen molar-refractivity contribution in [3.63, 3.8) is 0 Å². The van der Waals surface area contributed by atoms with Crippen LogP contribution in [0.2, 0.25) is 0 Å². The molecule has 1 amide bonds. The van der Waals surface area contributed by atoms with Crippen LogP contribution in [-0.2, 0) is 4.74 Å². The zero-order chi connectivity index (χ0) is 10.5. The Morgan fingerprint density at radius 2 is 2.14 bits per heavy atom. The fourth-order valence-electron chi connectivity index (χ4n) is 2.05. The van der Waals surface area contributed by atoms with Crippen LogP contribution in [0.5, 0.6) is 0 Å². The maximum atomic E-state index is 11.7. The van der Waals surface area contributed by atoms with E-state index in [-0.39, 0.29) is 12.1 Å². The standard InChI is InChI=1S/C10H18N2O2/c1-10(2,3)14-9(13)12-5-7(11)6-4-8(6)12/h6-8H,4-5,11H2,1-3H3/t6?,7-,8?/m1/s1. The molecule has 2 unspecified atom stereocenters. The first-order valence-corrected chi connectivity index (χ1v) is 5.14. The van der Waals surface area contributed by atoms with Gasteiger partial charge in [0.1, 0.15) is 5.60 Å². The summed E-state index contributed by atoms with van der Waals surface area (Å²) in [6.45, 7) is 6.30. The van der Waals surface area contributed by atoms with Gasteiger partial charge in [0.25, 0.3) is 0 Å². The first-order valence-electron chi connectivity index (χ1n) is 5.14. The molecule has 80 valence electrons. The average Bonchev–Trinajstić information content (AvgIpc) is 2.69. The maximum absolute atomic E-state index is 11.7. The summed E-state index contributed by atoms with van der Waals surface area (Å²) in [5, 5.41) is 0. The van der Waals surface area contributed by atoms with E-state index in [0.29, 0.717) is 18.5 Å². The Morgan fingerprint density at radius 1 is 1.50 bits per heavy atom. The smallest absolute Gasteiger partial charge is 0.410 e. The minimum Gasteiger partial charge on any atom is -0.444 e. The van der Waals surface area contributed by atoms with Crippen LogP contribution in [0.15, 0.2) is 0 Å². The summed E-state index contributed by atoms with van der Waals surface area (Å²) in [5.74, 6) is 0.530. The number of likely N-dealkylation sites (tertiary alicyclic amines) is 1. The van der Waals surface area contributed by atoms with Crippen LogP contribution < -0.4 is 5.73 Å². The van der Waals surface area contributed by atoms with Crippen LogP contribution in [0.1, 0.15) is 27.2 Å². The molecule has 1 saturated carbocycles. The summed E-state index contributed by atoms with van der Waals surface area (Å²) in [7, 11) is 0. The second-order valence-electron chi connectivity index (χ2n) is 5.26. The van der Waals surface area contributed by atoms with E-state index in [4.69, 9.17) is 10.5 Å². The lowest BCUT2D eigenvalue weighted by atomic mass is 10.2. The van der Waals surface area contributed by atoms with Crippen molar-refractivity contribution in [1.82, 2.24) is 4.90 Å². The van der Waals surface area contributed by atoms with E-state index in [9.17, 15) is 4.79 Å². The first kappa shape index (κ1) is 9.77. The Kier molecular flexibility index (Phi) is 2.00. The molecule has 0 spiro atoms. The van der Waals surface area contributed by atoms with Crippen LogP contribution in [-0.4, -0.2) is 35.2 Å². The number of carbonyl (C=O) groups excluding carboxylic acids is 1. The molecule has 1 heterocycles. The lowest BCUT2D eigenvalue weighted by Crippen LogP contribution is -2.39. The Labute approximate surface area is 84.4 Å². The third-order valence-corrected chi connectivity index (χ3v) is 2.79. The van der Waals surface area contributed by atoms with Gasteiger partial charge in [-0.05, 0) is 33.1 Å². The summed E-state index contributed by atoms with van der Waals surface area (Å²) in [6, 6.07) is 0.521. The van der Waals surface area contributed by atoms with E-state index >= 15 is 0 Å². The van der Waals surface area contributed by atoms with E-state index in [1.165, 1.54) is 0 Å². The summed E-state index contributed by atoms with van der Waals surface area (Å²) < 4.78 is 5.30. The Morgan fingerprint density at radius 3 is 2.50 bits per heavy atom. The highest BCUT2D eigenvalue weighted by atomic mass is 16.6. The Hall–Kier alpha value is -0.770. The van der Waals surface area contributed by atoms with Crippen molar-refractivity contribution in [2.75, 3.05) is 6.54 Å². The van der Waals surface area contributed by atoms with Crippen LogP contribution in [0.4, 0.5) is 4.79 Å². The second kappa shape index (κ2) is 2.86. The summed E-state index contributed by atoms with van der Waals surface area (Å²) in [6.07, 6.45) is 0.846. The molecule has 4 nitrogen and oxygen atoms in total. The molecule has 4 heteroatoms. The lowest BCUT2D eigenvalue weighted by molar-refractivity contribution is 0.0260. The number of piperidine rings is 1. The number of nitrogens with two attached hydrogens (primary N) is 1. The predicted molar refractivity (Wildman–Crippen MR) is 52.8 cm³/mol. The van der Waals surface area contributed by atoms with E-state index < -0.39 is 5.60 Å². The lowest BCUT2D eigenvalue weighted by Gasteiger charge is -2.25. The highest BCUT2D eigenvalue weighted by Crippen LogP contribution is 2.44. The fraction of sp³-hybridized carbons (Fsp3) is 0.900. The van der Waals surface area contributed by atoms with Crippen molar-refractivity contribution in [1.29, 1.82) is 0 Å². The minimum atomic E-state index is -0.409. The van der Waals surface area contributed by atoms with Crippen molar-refractivity contribution < 1.29 is 9.53 Å². The van der Waals surface area contributed by atoms with E-state index in [1.54, 1.807) is 4.90 Å². The molecule has 2 fully saturated rings. The number of fused-ring (bicyclic) bond motifs is 1. The van der Waals surface area contributed by atoms with E-state index in [1.807, 2.05) is 20.8 Å². The van der Waals surface area contributed by atoms with Gasteiger partial charge in [-0.15, -0.1) is 0 Å². The van der Waals surface area contributed by atoms with Crippen molar-refractivity contribution in [3.8, 4) is 0 Å². The van der Waals surface area contributed by atoms with Gasteiger partial charge in [0, 0.05) is 18.6 Å². The van der Waals surface area contributed by atoms with Gasteiger partial charge in [0.15, 0.2) is 0 Å². The normalized spacial score (nSPS) is 35.4. The molecule has 0 aromatic heterocycles. The minimum absolute atomic E-state index is 0.160. The molecule has 1 saturated heterocycles. The number of nitrogens with zero attached hydrogens (tertiary/aromatic N) is 1. The van der Waals surface area contributed by atoms with Gasteiger partial charge in [-0.25, -0.2) is 4.79 Å². The summed E-state index contributed by atoms with van der Waals surface area (Å²) >= 11 is 0. The van der Waals surface area contributed by atoms with Gasteiger partial charge < -0.3 is 15.4 Å². The number of hydrogen-bond acceptors (Lipinski definition) is 3. The fourth-order valence-corrected chi connectivity index (χ4v) is 2.05. The molecule has 2 aliphatic rings. The van der Waals surface area contributed by atoms with Gasteiger partial charge in [0.05, 0.1) is 0 Å². The quantitative estimate of drug-likeness (QED) is 0.630. The average molecular weight is 198 g/mol. The van der Waals surface area contributed by atoms with Crippen molar-refractivity contribution >= 4 is 6.09 Å². The van der Waals surface area contributed by atoms with Crippen molar-refractivity contribution in [2.45, 2.75) is 44.9 Å². The highest BCUT2D eigenvalue weighted by Gasteiger charge is 2.54. The third-order valence-electron chi connectivity index (χ3n) is 2.79. The van der Waals surface area contributed by atoms with Crippen LogP contribution in [0, 0.1) is 5.92 Å². The third kappa shape index (κ3) is 1.71. The molecule has 2 rings (SSSR count). The van der Waals surface area contributed by atoms with Crippen molar-refractivity contribution in [3.05, 3.63) is 0 Å². The largest absolute Gasteiger partial charge is 0.444 e. The Bertz CT molecular complexity index is 259. The number of ether oxygens (including phenoxy) is 1. The topological polar surface area (TPSA) is 55.6 Å². The second-order valence-corrected chi connectivity index (χ2v) is 5.26. The molecule has 0 aromatic carbocycles. The van der Waals surface area contributed by atoms with Crippen LogP contribution in [0.25, 0.3) is 0 Å². The molecule has 0 aromatic rings. The zero-order valence-electron chi connectivity index (χ0n) is 8.99. The molecule has 1 aliphatic carbocycles. The first-order chi connectivity index (χ1) is 6.38. The number of amides is 1. The van der Waals surface area contributed by atoms with E-state index in [0.717, 1.165) is 6.42 Å². The van der Waals surface area contributed by atoms with Gasteiger partial charge in [-0.2, -0.15) is 0 Å². The van der Waals surface area contributed by atoms with Crippen LogP contribution >= 0.6 is 0 Å². The SMILES string of the molecule is CC(C)(C)OC(=O)N1C[C@@H](N)C2CC21. The Balaban J connectivity index is 1.93.